The fourth-order valence-electron chi connectivity index (χ4n) is 1.37. The van der Waals surface area contributed by atoms with Crippen LogP contribution in [-0.4, -0.2) is 37.3 Å². The topological polar surface area (TPSA) is 73.6 Å². The molecule has 108 valence electrons. The molecule has 6 heteroatoms. The number of esters is 1. The van der Waals surface area contributed by atoms with E-state index in [-0.39, 0.29) is 5.69 Å². The van der Waals surface area contributed by atoms with Crippen LogP contribution in [0.4, 0.5) is 6.01 Å². The van der Waals surface area contributed by atoms with Gasteiger partial charge in [-0.05, 0) is 19.8 Å². The molecule has 0 saturated heterocycles. The van der Waals surface area contributed by atoms with Crippen LogP contribution in [0.5, 0.6) is 0 Å². The number of anilines is 1. The molecule has 0 bridgehead atoms. The second kappa shape index (κ2) is 9.38. The molecule has 0 aliphatic rings. The maximum absolute atomic E-state index is 11.3. The van der Waals surface area contributed by atoms with E-state index in [4.69, 9.17) is 13.9 Å². The molecule has 1 aromatic rings. The number of hydrogen-bond acceptors (Lipinski definition) is 6. The van der Waals surface area contributed by atoms with Crippen molar-refractivity contribution in [3.8, 4) is 0 Å². The number of unbranched alkanes of at least 4 members (excludes halogenated alkanes) is 1. The van der Waals surface area contributed by atoms with Crippen molar-refractivity contribution in [2.24, 2.45) is 0 Å². The third-order valence-corrected chi connectivity index (χ3v) is 2.37. The molecule has 0 spiro atoms. The maximum Gasteiger partial charge on any atom is 0.360 e. The molecule has 0 amide bonds. The first-order valence-electron chi connectivity index (χ1n) is 6.72. The minimum Gasteiger partial charge on any atom is -0.461 e. The number of nitrogens with zero attached hydrogens (tertiary/aromatic N) is 1. The van der Waals surface area contributed by atoms with Crippen molar-refractivity contribution in [3.63, 3.8) is 0 Å². The summed E-state index contributed by atoms with van der Waals surface area (Å²) in [5, 5.41) is 2.99. The van der Waals surface area contributed by atoms with E-state index in [1.165, 1.54) is 6.26 Å². The van der Waals surface area contributed by atoms with Crippen LogP contribution in [0.3, 0.4) is 0 Å². The van der Waals surface area contributed by atoms with Gasteiger partial charge >= 0.3 is 5.97 Å². The Balaban J connectivity index is 2.14. The number of nitrogens with one attached hydrogen (secondary N) is 1. The van der Waals surface area contributed by atoms with Gasteiger partial charge in [0.15, 0.2) is 5.69 Å². The number of carbonyl (C=O) groups excluding carboxylic acids is 1. The van der Waals surface area contributed by atoms with Gasteiger partial charge in [0.05, 0.1) is 6.61 Å². The van der Waals surface area contributed by atoms with Gasteiger partial charge in [0, 0.05) is 19.8 Å². The normalized spacial score (nSPS) is 10.4. The van der Waals surface area contributed by atoms with Crippen molar-refractivity contribution in [3.05, 3.63) is 12.0 Å². The summed E-state index contributed by atoms with van der Waals surface area (Å²) in [4.78, 5) is 15.3. The summed E-state index contributed by atoms with van der Waals surface area (Å²) in [6, 6.07) is 0.330. The summed E-state index contributed by atoms with van der Waals surface area (Å²) >= 11 is 0. The van der Waals surface area contributed by atoms with E-state index in [9.17, 15) is 4.79 Å². The molecule has 0 fully saturated rings. The zero-order chi connectivity index (χ0) is 13.9. The van der Waals surface area contributed by atoms with Gasteiger partial charge in [-0.1, -0.05) is 13.3 Å². The molecule has 0 aliphatic heterocycles. The van der Waals surface area contributed by atoms with E-state index in [0.717, 1.165) is 25.9 Å². The summed E-state index contributed by atoms with van der Waals surface area (Å²) in [6.45, 7) is 6.41. The molecule has 0 aromatic carbocycles. The van der Waals surface area contributed by atoms with Crippen LogP contribution in [0.15, 0.2) is 10.7 Å². The van der Waals surface area contributed by atoms with Crippen LogP contribution in [0.25, 0.3) is 0 Å². The van der Waals surface area contributed by atoms with Gasteiger partial charge in [-0.3, -0.25) is 0 Å². The molecule has 0 unspecified atom stereocenters. The second-order valence-electron chi connectivity index (χ2n) is 4.00. The molecule has 0 radical (unpaired) electrons. The fourth-order valence-corrected chi connectivity index (χ4v) is 1.37. The Kier molecular flexibility index (Phi) is 7.65. The van der Waals surface area contributed by atoms with Crippen molar-refractivity contribution in [2.45, 2.75) is 33.1 Å². The number of ether oxygens (including phenoxy) is 2. The van der Waals surface area contributed by atoms with Crippen LogP contribution in [-0.2, 0) is 9.47 Å². The Hall–Kier alpha value is -1.56. The summed E-state index contributed by atoms with van der Waals surface area (Å²) in [5.41, 5.74) is 0.184. The van der Waals surface area contributed by atoms with Crippen LogP contribution in [0.2, 0.25) is 0 Å². The van der Waals surface area contributed by atoms with Gasteiger partial charge in [-0.15, -0.1) is 0 Å². The number of hydrogen-bond donors (Lipinski definition) is 1. The van der Waals surface area contributed by atoms with Crippen LogP contribution >= 0.6 is 0 Å². The molecule has 19 heavy (non-hydrogen) atoms. The summed E-state index contributed by atoms with van der Waals surface area (Å²) in [6.07, 6.45) is 4.39. The van der Waals surface area contributed by atoms with Gasteiger partial charge in [0.2, 0.25) is 0 Å². The van der Waals surface area contributed by atoms with Crippen molar-refractivity contribution in [1.82, 2.24) is 4.98 Å². The summed E-state index contributed by atoms with van der Waals surface area (Å²) < 4.78 is 15.3. The van der Waals surface area contributed by atoms with E-state index in [2.05, 4.69) is 17.2 Å². The first kappa shape index (κ1) is 15.5. The highest BCUT2D eigenvalue weighted by atomic mass is 16.5. The quantitative estimate of drug-likeness (QED) is 0.520. The van der Waals surface area contributed by atoms with Gasteiger partial charge in [-0.2, -0.15) is 4.98 Å². The Bertz CT molecular complexity index is 365. The molecule has 0 saturated carbocycles. The SMILES string of the molecule is CCCCOCCCNc1nc(C(=O)OCC)co1. The lowest BCUT2D eigenvalue weighted by Gasteiger charge is -2.03. The molecule has 0 aliphatic carbocycles. The van der Waals surface area contributed by atoms with Gasteiger partial charge < -0.3 is 19.2 Å². The Morgan fingerprint density at radius 3 is 2.89 bits per heavy atom. The van der Waals surface area contributed by atoms with Crippen molar-refractivity contribution in [2.75, 3.05) is 31.7 Å². The molecule has 0 atom stereocenters. The lowest BCUT2D eigenvalue weighted by Crippen LogP contribution is -2.08. The highest BCUT2D eigenvalue weighted by molar-refractivity contribution is 5.87. The van der Waals surface area contributed by atoms with E-state index < -0.39 is 5.97 Å². The molecule has 1 heterocycles. The Labute approximate surface area is 113 Å². The average Bonchev–Trinajstić information content (AvgIpc) is 2.87. The molecule has 1 rings (SSSR count). The predicted octanol–water partition coefficient (Wildman–Crippen LogP) is 2.47. The first-order valence-corrected chi connectivity index (χ1v) is 6.72. The molecular formula is C13H22N2O4. The lowest BCUT2D eigenvalue weighted by molar-refractivity contribution is 0.0519. The zero-order valence-electron chi connectivity index (χ0n) is 11.6. The number of oxazole rings is 1. The highest BCUT2D eigenvalue weighted by Crippen LogP contribution is 2.08. The van der Waals surface area contributed by atoms with Crippen LogP contribution in [0.1, 0.15) is 43.6 Å². The van der Waals surface area contributed by atoms with Crippen LogP contribution < -0.4 is 5.32 Å². The zero-order valence-corrected chi connectivity index (χ0v) is 11.6. The average molecular weight is 270 g/mol. The number of rotatable bonds is 10. The molecule has 1 aromatic heterocycles. The molecule has 6 nitrogen and oxygen atoms in total. The van der Waals surface area contributed by atoms with Crippen molar-refractivity contribution >= 4 is 12.0 Å². The Morgan fingerprint density at radius 2 is 2.16 bits per heavy atom. The minimum atomic E-state index is -0.470. The third-order valence-electron chi connectivity index (χ3n) is 2.37. The van der Waals surface area contributed by atoms with Gasteiger partial charge in [0.1, 0.15) is 6.26 Å². The summed E-state index contributed by atoms with van der Waals surface area (Å²) in [7, 11) is 0. The van der Waals surface area contributed by atoms with Crippen molar-refractivity contribution in [1.29, 1.82) is 0 Å². The van der Waals surface area contributed by atoms with Gasteiger partial charge in [0.25, 0.3) is 6.01 Å². The van der Waals surface area contributed by atoms with Crippen molar-refractivity contribution < 1.29 is 18.7 Å². The largest absolute Gasteiger partial charge is 0.461 e. The maximum atomic E-state index is 11.3. The summed E-state index contributed by atoms with van der Waals surface area (Å²) in [5.74, 6) is -0.470. The van der Waals surface area contributed by atoms with Gasteiger partial charge in [-0.25, -0.2) is 4.79 Å². The highest BCUT2D eigenvalue weighted by Gasteiger charge is 2.12. The van der Waals surface area contributed by atoms with E-state index in [0.29, 0.717) is 25.8 Å². The predicted molar refractivity (Wildman–Crippen MR) is 71.3 cm³/mol. The van der Waals surface area contributed by atoms with E-state index in [1.54, 1.807) is 6.92 Å². The minimum absolute atomic E-state index is 0.184. The molecular weight excluding hydrogens is 248 g/mol. The second-order valence-corrected chi connectivity index (χ2v) is 4.00. The smallest absolute Gasteiger partial charge is 0.360 e. The number of carbonyl (C=O) groups is 1. The molecule has 1 N–H and O–H groups in total. The monoisotopic (exact) mass is 270 g/mol. The standard InChI is InChI=1S/C13H22N2O4/c1-3-5-8-17-9-6-7-14-13-15-11(10-19-13)12(16)18-4-2/h10H,3-9H2,1-2H3,(H,14,15). The number of aromatic nitrogens is 1. The lowest BCUT2D eigenvalue weighted by atomic mass is 10.4. The van der Waals surface area contributed by atoms with E-state index >= 15 is 0 Å². The Morgan fingerprint density at radius 1 is 1.37 bits per heavy atom. The van der Waals surface area contributed by atoms with E-state index in [1.807, 2.05) is 0 Å². The fraction of sp³-hybridized carbons (Fsp3) is 0.692. The first-order chi connectivity index (χ1) is 9.27. The third kappa shape index (κ3) is 6.24. The van der Waals surface area contributed by atoms with Crippen LogP contribution in [0, 0.1) is 0 Å².